The third kappa shape index (κ3) is 3.62. The molecule has 3 rings (SSSR count). The molecule has 3 aromatic carbocycles. The van der Waals surface area contributed by atoms with Gasteiger partial charge in [-0.2, -0.15) is 0 Å². The predicted molar refractivity (Wildman–Crippen MR) is 87.1 cm³/mol. The SMILES string of the molecule is OCc1cc(O)c(Oc2ccccc2)c(Oc2ccccc2)c1. The molecule has 0 amide bonds. The number of ether oxygens (including phenoxy) is 2. The highest BCUT2D eigenvalue weighted by atomic mass is 16.5. The molecule has 0 unspecified atom stereocenters. The lowest BCUT2D eigenvalue weighted by atomic mass is 10.2. The topological polar surface area (TPSA) is 58.9 Å². The highest BCUT2D eigenvalue weighted by Gasteiger charge is 2.15. The van der Waals surface area contributed by atoms with Gasteiger partial charge in [0.05, 0.1) is 6.61 Å². The molecule has 2 N–H and O–H groups in total. The summed E-state index contributed by atoms with van der Waals surface area (Å²) in [4.78, 5) is 0. The van der Waals surface area contributed by atoms with E-state index in [-0.39, 0.29) is 18.1 Å². The highest BCUT2D eigenvalue weighted by molar-refractivity contribution is 5.55. The largest absolute Gasteiger partial charge is 0.504 e. The first-order chi connectivity index (χ1) is 11.3. The summed E-state index contributed by atoms with van der Waals surface area (Å²) in [6.45, 7) is -0.204. The van der Waals surface area contributed by atoms with Gasteiger partial charge in [-0.15, -0.1) is 0 Å². The molecule has 0 aliphatic carbocycles. The Balaban J connectivity index is 1.99. The van der Waals surface area contributed by atoms with E-state index in [0.29, 0.717) is 22.8 Å². The molecule has 0 aliphatic heterocycles. The minimum absolute atomic E-state index is 0.0914. The van der Waals surface area contributed by atoms with Crippen molar-refractivity contribution in [3.63, 3.8) is 0 Å². The molecule has 3 aromatic rings. The first-order valence-electron chi connectivity index (χ1n) is 7.19. The van der Waals surface area contributed by atoms with E-state index in [2.05, 4.69) is 0 Å². The molecular formula is C19H16O4. The van der Waals surface area contributed by atoms with E-state index in [1.807, 2.05) is 36.4 Å². The van der Waals surface area contributed by atoms with Crippen LogP contribution in [0.1, 0.15) is 5.56 Å². The van der Waals surface area contributed by atoms with Crippen LogP contribution in [0.2, 0.25) is 0 Å². The van der Waals surface area contributed by atoms with Gasteiger partial charge in [0.25, 0.3) is 0 Å². The fourth-order valence-corrected chi connectivity index (χ4v) is 2.13. The van der Waals surface area contributed by atoms with Crippen molar-refractivity contribution in [3.05, 3.63) is 78.4 Å². The van der Waals surface area contributed by atoms with Crippen LogP contribution in [0.5, 0.6) is 28.7 Å². The quantitative estimate of drug-likeness (QED) is 0.730. The molecule has 0 aliphatic rings. The number of aliphatic hydroxyl groups is 1. The normalized spacial score (nSPS) is 10.3. The average Bonchev–Trinajstić information content (AvgIpc) is 2.59. The Morgan fingerprint density at radius 1 is 0.739 bits per heavy atom. The molecule has 0 radical (unpaired) electrons. The maximum Gasteiger partial charge on any atom is 0.211 e. The number of aromatic hydroxyl groups is 1. The summed E-state index contributed by atoms with van der Waals surface area (Å²) in [5.41, 5.74) is 0.536. The number of benzene rings is 3. The first-order valence-corrected chi connectivity index (χ1v) is 7.19. The van der Waals surface area contributed by atoms with Crippen molar-refractivity contribution in [1.29, 1.82) is 0 Å². The summed E-state index contributed by atoms with van der Waals surface area (Å²) in [5.74, 6) is 1.64. The van der Waals surface area contributed by atoms with Crippen LogP contribution in [0.25, 0.3) is 0 Å². The monoisotopic (exact) mass is 308 g/mol. The summed E-state index contributed by atoms with van der Waals surface area (Å²) in [6.07, 6.45) is 0. The third-order valence-corrected chi connectivity index (χ3v) is 3.21. The third-order valence-electron chi connectivity index (χ3n) is 3.21. The van der Waals surface area contributed by atoms with Gasteiger partial charge in [-0.05, 0) is 42.0 Å². The lowest BCUT2D eigenvalue weighted by Crippen LogP contribution is -1.94. The van der Waals surface area contributed by atoms with Crippen molar-refractivity contribution in [2.45, 2.75) is 6.61 Å². The van der Waals surface area contributed by atoms with Gasteiger partial charge in [-0.25, -0.2) is 0 Å². The van der Waals surface area contributed by atoms with Crippen molar-refractivity contribution < 1.29 is 19.7 Å². The highest BCUT2D eigenvalue weighted by Crippen LogP contribution is 2.42. The van der Waals surface area contributed by atoms with Gasteiger partial charge in [-0.3, -0.25) is 0 Å². The molecule has 0 fully saturated rings. The molecule has 0 spiro atoms. The van der Waals surface area contributed by atoms with Gasteiger partial charge in [0, 0.05) is 0 Å². The van der Waals surface area contributed by atoms with Crippen LogP contribution in [0.15, 0.2) is 72.8 Å². The van der Waals surface area contributed by atoms with Crippen molar-refractivity contribution in [3.8, 4) is 28.7 Å². The summed E-state index contributed by atoms with van der Waals surface area (Å²) in [5, 5.41) is 19.6. The fraction of sp³-hybridized carbons (Fsp3) is 0.0526. The molecule has 0 heterocycles. The van der Waals surface area contributed by atoms with Crippen LogP contribution < -0.4 is 9.47 Å². The summed E-state index contributed by atoms with van der Waals surface area (Å²) >= 11 is 0. The molecule has 116 valence electrons. The molecule has 0 atom stereocenters. The van der Waals surface area contributed by atoms with Gasteiger partial charge >= 0.3 is 0 Å². The molecule has 4 heteroatoms. The Morgan fingerprint density at radius 3 is 1.87 bits per heavy atom. The molecular weight excluding hydrogens is 292 g/mol. The summed E-state index contributed by atoms with van der Waals surface area (Å²) in [7, 11) is 0. The molecule has 4 nitrogen and oxygen atoms in total. The number of hydrogen-bond donors (Lipinski definition) is 2. The zero-order valence-electron chi connectivity index (χ0n) is 12.3. The Kier molecular flexibility index (Phi) is 4.45. The van der Waals surface area contributed by atoms with Gasteiger partial charge in [0.15, 0.2) is 11.5 Å². The Morgan fingerprint density at radius 2 is 1.30 bits per heavy atom. The molecule has 0 aromatic heterocycles. The number of aliphatic hydroxyl groups excluding tert-OH is 1. The Labute approximate surface area is 134 Å². The van der Waals surface area contributed by atoms with E-state index >= 15 is 0 Å². The Bertz CT molecular complexity index is 770. The maximum atomic E-state index is 10.2. The number of para-hydroxylation sites is 2. The second-order valence-electron chi connectivity index (χ2n) is 4.93. The second kappa shape index (κ2) is 6.85. The van der Waals surface area contributed by atoms with Crippen molar-refractivity contribution in [2.24, 2.45) is 0 Å². The van der Waals surface area contributed by atoms with E-state index in [1.54, 1.807) is 30.3 Å². The van der Waals surface area contributed by atoms with Crippen LogP contribution in [0, 0.1) is 0 Å². The van der Waals surface area contributed by atoms with Gasteiger partial charge in [-0.1, -0.05) is 36.4 Å². The van der Waals surface area contributed by atoms with Gasteiger partial charge < -0.3 is 19.7 Å². The van der Waals surface area contributed by atoms with Crippen molar-refractivity contribution in [2.75, 3.05) is 0 Å². The predicted octanol–water partition coefficient (Wildman–Crippen LogP) is 4.47. The summed E-state index contributed by atoms with van der Waals surface area (Å²) < 4.78 is 11.6. The smallest absolute Gasteiger partial charge is 0.211 e. The number of phenols is 1. The van der Waals surface area contributed by atoms with Crippen LogP contribution in [-0.4, -0.2) is 10.2 Å². The van der Waals surface area contributed by atoms with Crippen LogP contribution >= 0.6 is 0 Å². The lowest BCUT2D eigenvalue weighted by molar-refractivity contribution is 0.279. The number of hydrogen-bond acceptors (Lipinski definition) is 4. The van der Waals surface area contributed by atoms with E-state index in [9.17, 15) is 10.2 Å². The van der Waals surface area contributed by atoms with Crippen LogP contribution in [0.3, 0.4) is 0 Å². The lowest BCUT2D eigenvalue weighted by Gasteiger charge is -2.15. The molecule has 0 saturated heterocycles. The zero-order chi connectivity index (χ0) is 16.1. The van der Waals surface area contributed by atoms with Crippen molar-refractivity contribution >= 4 is 0 Å². The summed E-state index contributed by atoms with van der Waals surface area (Å²) in [6, 6.07) is 21.4. The number of phenolic OH excluding ortho intramolecular Hbond substituents is 1. The zero-order valence-corrected chi connectivity index (χ0v) is 12.3. The fourth-order valence-electron chi connectivity index (χ4n) is 2.13. The van der Waals surface area contributed by atoms with E-state index < -0.39 is 0 Å². The maximum absolute atomic E-state index is 10.2. The number of rotatable bonds is 5. The van der Waals surface area contributed by atoms with Crippen LogP contribution in [0.4, 0.5) is 0 Å². The average molecular weight is 308 g/mol. The standard InChI is InChI=1S/C19H16O4/c20-13-14-11-17(21)19(23-16-9-5-2-6-10-16)18(12-14)22-15-7-3-1-4-8-15/h1-12,20-21H,13H2. The van der Waals surface area contributed by atoms with Gasteiger partial charge in [0.1, 0.15) is 11.5 Å². The second-order valence-corrected chi connectivity index (χ2v) is 4.93. The Hall–Kier alpha value is -2.98. The van der Waals surface area contributed by atoms with Crippen molar-refractivity contribution in [1.82, 2.24) is 0 Å². The minimum Gasteiger partial charge on any atom is -0.504 e. The van der Waals surface area contributed by atoms with E-state index in [4.69, 9.17) is 9.47 Å². The van der Waals surface area contributed by atoms with Gasteiger partial charge in [0.2, 0.25) is 5.75 Å². The first kappa shape index (κ1) is 14.9. The van der Waals surface area contributed by atoms with E-state index in [1.165, 1.54) is 6.07 Å². The van der Waals surface area contributed by atoms with Crippen LogP contribution in [-0.2, 0) is 6.61 Å². The minimum atomic E-state index is -0.204. The van der Waals surface area contributed by atoms with E-state index in [0.717, 1.165) is 0 Å². The molecule has 0 bridgehead atoms. The molecule has 0 saturated carbocycles. The molecule has 23 heavy (non-hydrogen) atoms.